The Balaban J connectivity index is 2.49. The average Bonchev–Trinajstić information content (AvgIpc) is 2.45. The lowest BCUT2D eigenvalue weighted by Crippen LogP contribution is -2.28. The number of rotatable bonds is 7. The third kappa shape index (κ3) is 6.13. The number of hydrogen-bond acceptors (Lipinski definition) is 2. The molecule has 0 aliphatic rings. The number of nitrogens with zero attached hydrogens (tertiary/aromatic N) is 1. The highest BCUT2D eigenvalue weighted by atomic mass is 16.3. The van der Waals surface area contributed by atoms with Crippen molar-refractivity contribution in [2.45, 2.75) is 39.2 Å². The Morgan fingerprint density at radius 3 is 2.48 bits per heavy atom. The zero-order valence-corrected chi connectivity index (χ0v) is 13.5. The Morgan fingerprint density at radius 1 is 1.29 bits per heavy atom. The Hall–Kier alpha value is -1.61. The minimum absolute atomic E-state index is 0.0702. The molecule has 21 heavy (non-hydrogen) atoms. The maximum absolute atomic E-state index is 11.5. The predicted molar refractivity (Wildman–Crippen MR) is 87.0 cm³/mol. The maximum atomic E-state index is 11.5. The molecule has 0 spiro atoms. The normalized spacial score (nSPS) is 13.4. The Bertz CT molecular complexity index is 463. The number of carbonyl (C=O) groups is 1. The van der Waals surface area contributed by atoms with Crippen LogP contribution in [0.2, 0.25) is 0 Å². The Labute approximate surface area is 128 Å². The van der Waals surface area contributed by atoms with Gasteiger partial charge in [0.25, 0.3) is 0 Å². The van der Waals surface area contributed by atoms with E-state index in [1.165, 1.54) is 5.56 Å². The van der Waals surface area contributed by atoms with E-state index in [2.05, 4.69) is 12.1 Å². The SMILES string of the molecule is CN(C)C(=O)C/C=C/C(C)(C)[C@@H](O)CCc1ccccc1. The summed E-state index contributed by atoms with van der Waals surface area (Å²) in [6, 6.07) is 10.2. The van der Waals surface area contributed by atoms with Crippen molar-refractivity contribution in [3.63, 3.8) is 0 Å². The van der Waals surface area contributed by atoms with Crippen molar-refractivity contribution in [2.75, 3.05) is 14.1 Å². The maximum Gasteiger partial charge on any atom is 0.225 e. The van der Waals surface area contributed by atoms with E-state index in [1.54, 1.807) is 19.0 Å². The molecule has 1 aromatic rings. The molecule has 3 nitrogen and oxygen atoms in total. The molecule has 0 fully saturated rings. The van der Waals surface area contributed by atoms with Crippen molar-refractivity contribution >= 4 is 5.91 Å². The van der Waals surface area contributed by atoms with E-state index >= 15 is 0 Å². The van der Waals surface area contributed by atoms with Crippen molar-refractivity contribution in [3.05, 3.63) is 48.0 Å². The molecule has 3 heteroatoms. The number of amides is 1. The van der Waals surface area contributed by atoms with Crippen LogP contribution in [0.3, 0.4) is 0 Å². The average molecular weight is 289 g/mol. The zero-order chi connectivity index (χ0) is 15.9. The number of benzene rings is 1. The van der Waals surface area contributed by atoms with E-state index in [4.69, 9.17) is 0 Å². The lowest BCUT2D eigenvalue weighted by Gasteiger charge is -2.27. The lowest BCUT2D eigenvalue weighted by atomic mass is 9.83. The molecule has 0 heterocycles. The van der Waals surface area contributed by atoms with Gasteiger partial charge in [0.2, 0.25) is 5.91 Å². The highest BCUT2D eigenvalue weighted by molar-refractivity contribution is 5.77. The van der Waals surface area contributed by atoms with Crippen molar-refractivity contribution < 1.29 is 9.90 Å². The lowest BCUT2D eigenvalue weighted by molar-refractivity contribution is -0.127. The van der Waals surface area contributed by atoms with Crippen LogP contribution in [0.25, 0.3) is 0 Å². The molecule has 0 aliphatic carbocycles. The first-order valence-corrected chi connectivity index (χ1v) is 7.43. The molecular weight excluding hydrogens is 262 g/mol. The number of aryl methyl sites for hydroxylation is 1. The highest BCUT2D eigenvalue weighted by Crippen LogP contribution is 2.26. The van der Waals surface area contributed by atoms with Crippen LogP contribution in [0.5, 0.6) is 0 Å². The molecular formula is C18H27NO2. The van der Waals surface area contributed by atoms with Gasteiger partial charge in [0.15, 0.2) is 0 Å². The van der Waals surface area contributed by atoms with Gasteiger partial charge in [-0.15, -0.1) is 0 Å². The van der Waals surface area contributed by atoms with E-state index in [0.717, 1.165) is 6.42 Å². The van der Waals surface area contributed by atoms with Crippen molar-refractivity contribution in [1.29, 1.82) is 0 Å². The van der Waals surface area contributed by atoms with Crippen LogP contribution in [0, 0.1) is 5.41 Å². The molecule has 0 aliphatic heterocycles. The van der Waals surface area contributed by atoms with Gasteiger partial charge in [-0.1, -0.05) is 56.3 Å². The largest absolute Gasteiger partial charge is 0.392 e. The van der Waals surface area contributed by atoms with E-state index in [-0.39, 0.29) is 11.3 Å². The third-order valence-electron chi connectivity index (χ3n) is 3.75. The van der Waals surface area contributed by atoms with Crippen LogP contribution in [-0.2, 0) is 11.2 Å². The van der Waals surface area contributed by atoms with Gasteiger partial charge in [0, 0.05) is 25.9 Å². The summed E-state index contributed by atoms with van der Waals surface area (Å²) in [6.45, 7) is 4.00. The number of carbonyl (C=O) groups excluding carboxylic acids is 1. The van der Waals surface area contributed by atoms with Crippen LogP contribution in [0.15, 0.2) is 42.5 Å². The molecule has 116 valence electrons. The van der Waals surface area contributed by atoms with E-state index in [0.29, 0.717) is 12.8 Å². The highest BCUT2D eigenvalue weighted by Gasteiger charge is 2.24. The second kappa shape index (κ2) is 7.99. The predicted octanol–water partition coefficient (Wildman–Crippen LogP) is 3.04. The van der Waals surface area contributed by atoms with Gasteiger partial charge in [-0.05, 0) is 18.4 Å². The molecule has 1 amide bonds. The molecule has 1 atom stereocenters. The molecule has 1 rings (SSSR count). The van der Waals surface area contributed by atoms with Crippen molar-refractivity contribution in [3.8, 4) is 0 Å². The van der Waals surface area contributed by atoms with Crippen LogP contribution >= 0.6 is 0 Å². The molecule has 0 radical (unpaired) electrons. The standard InChI is InChI=1S/C18H27NO2/c1-18(2,14-8-11-17(21)19(3)4)16(20)13-12-15-9-6-5-7-10-15/h5-10,14,16,20H,11-13H2,1-4H3/b14-8+/t16-/m0/s1. The molecule has 0 saturated heterocycles. The number of hydrogen-bond donors (Lipinski definition) is 1. The number of aliphatic hydroxyl groups excluding tert-OH is 1. The van der Waals surface area contributed by atoms with Gasteiger partial charge in [-0.3, -0.25) is 4.79 Å². The third-order valence-corrected chi connectivity index (χ3v) is 3.75. The fourth-order valence-electron chi connectivity index (χ4n) is 2.08. The van der Waals surface area contributed by atoms with Gasteiger partial charge in [-0.25, -0.2) is 0 Å². The van der Waals surface area contributed by atoms with Crippen LogP contribution in [0.4, 0.5) is 0 Å². The number of aliphatic hydroxyl groups is 1. The summed E-state index contributed by atoms with van der Waals surface area (Å²) in [6.07, 6.45) is 5.32. The van der Waals surface area contributed by atoms with Gasteiger partial charge < -0.3 is 10.0 Å². The summed E-state index contributed by atoms with van der Waals surface area (Å²) in [5, 5.41) is 10.4. The minimum Gasteiger partial charge on any atom is -0.392 e. The van der Waals surface area contributed by atoms with E-state index in [9.17, 15) is 9.90 Å². The summed E-state index contributed by atoms with van der Waals surface area (Å²) in [5.41, 5.74) is 0.903. The quantitative estimate of drug-likeness (QED) is 0.784. The first-order chi connectivity index (χ1) is 9.83. The fraction of sp³-hybridized carbons (Fsp3) is 0.500. The van der Waals surface area contributed by atoms with Crippen LogP contribution in [0.1, 0.15) is 32.3 Å². The van der Waals surface area contributed by atoms with E-state index in [1.807, 2.05) is 44.2 Å². The second-order valence-electron chi connectivity index (χ2n) is 6.26. The molecule has 0 aromatic heterocycles. The molecule has 0 bridgehead atoms. The van der Waals surface area contributed by atoms with Gasteiger partial charge in [0.05, 0.1) is 6.10 Å². The Kier molecular flexibility index (Phi) is 6.63. The zero-order valence-electron chi connectivity index (χ0n) is 13.5. The smallest absolute Gasteiger partial charge is 0.225 e. The van der Waals surface area contributed by atoms with Crippen LogP contribution in [-0.4, -0.2) is 36.1 Å². The summed E-state index contributed by atoms with van der Waals surface area (Å²) < 4.78 is 0. The fourth-order valence-corrected chi connectivity index (χ4v) is 2.08. The monoisotopic (exact) mass is 289 g/mol. The van der Waals surface area contributed by atoms with Gasteiger partial charge in [0.1, 0.15) is 0 Å². The molecule has 1 N–H and O–H groups in total. The van der Waals surface area contributed by atoms with Crippen LogP contribution < -0.4 is 0 Å². The summed E-state index contributed by atoms with van der Waals surface area (Å²) >= 11 is 0. The minimum atomic E-state index is -0.427. The van der Waals surface area contributed by atoms with Gasteiger partial charge in [-0.2, -0.15) is 0 Å². The summed E-state index contributed by atoms with van der Waals surface area (Å²) in [5.74, 6) is 0.0702. The van der Waals surface area contributed by atoms with Gasteiger partial charge >= 0.3 is 0 Å². The van der Waals surface area contributed by atoms with E-state index < -0.39 is 6.10 Å². The first kappa shape index (κ1) is 17.4. The molecule has 0 saturated carbocycles. The summed E-state index contributed by atoms with van der Waals surface area (Å²) in [7, 11) is 3.49. The molecule has 0 unspecified atom stereocenters. The van der Waals surface area contributed by atoms with Crippen molar-refractivity contribution in [2.24, 2.45) is 5.41 Å². The summed E-state index contributed by atoms with van der Waals surface area (Å²) in [4.78, 5) is 13.1. The van der Waals surface area contributed by atoms with Crippen molar-refractivity contribution in [1.82, 2.24) is 4.90 Å². The Morgan fingerprint density at radius 2 is 1.90 bits per heavy atom. The topological polar surface area (TPSA) is 40.5 Å². The second-order valence-corrected chi connectivity index (χ2v) is 6.26. The first-order valence-electron chi connectivity index (χ1n) is 7.43. The molecule has 1 aromatic carbocycles.